The second-order valence-electron chi connectivity index (χ2n) is 3.11. The van der Waals surface area contributed by atoms with Crippen molar-refractivity contribution in [2.45, 2.75) is 26.5 Å². The Balaban J connectivity index is 2.33. The summed E-state index contributed by atoms with van der Waals surface area (Å²) in [7, 11) is 0. The Bertz CT molecular complexity index is 246. The molecule has 0 heterocycles. The fourth-order valence-electron chi connectivity index (χ4n) is 0.894. The maximum atomic E-state index is 5.21. The Kier molecular flexibility index (Phi) is 4.42. The van der Waals surface area contributed by atoms with Gasteiger partial charge in [0.25, 0.3) is 0 Å². The lowest BCUT2D eigenvalue weighted by Gasteiger charge is -2.08. The largest absolute Gasteiger partial charge is 0.299 e. The Morgan fingerprint density at radius 1 is 1.31 bits per heavy atom. The van der Waals surface area contributed by atoms with E-state index in [0.29, 0.717) is 0 Å². The van der Waals surface area contributed by atoms with Gasteiger partial charge < -0.3 is 0 Å². The average molecular weight is 244 g/mol. The molecule has 0 aliphatic rings. The standard InChI is InChI=1S/C10H14BrNO/c1-8(2)13-12-7-9-3-5-10(11)6-4-9/h3-6,8,12H,7H2,1-2H3. The maximum absolute atomic E-state index is 5.21. The first-order valence-electron chi connectivity index (χ1n) is 4.31. The molecule has 0 aliphatic heterocycles. The van der Waals surface area contributed by atoms with Crippen molar-refractivity contribution in [3.63, 3.8) is 0 Å². The molecule has 1 aromatic rings. The maximum Gasteiger partial charge on any atom is 0.0734 e. The zero-order valence-corrected chi connectivity index (χ0v) is 9.47. The van der Waals surface area contributed by atoms with E-state index in [9.17, 15) is 0 Å². The molecular formula is C10H14BrNO. The van der Waals surface area contributed by atoms with Crippen LogP contribution < -0.4 is 5.48 Å². The molecule has 0 atom stereocenters. The predicted octanol–water partition coefficient (Wildman–Crippen LogP) is 2.88. The topological polar surface area (TPSA) is 21.3 Å². The highest BCUT2D eigenvalue weighted by Gasteiger charge is 1.94. The van der Waals surface area contributed by atoms with Crippen LogP contribution in [0.1, 0.15) is 19.4 Å². The molecule has 0 spiro atoms. The molecule has 1 rings (SSSR count). The fraction of sp³-hybridized carbons (Fsp3) is 0.400. The van der Waals surface area contributed by atoms with Gasteiger partial charge in [0.15, 0.2) is 0 Å². The fourth-order valence-corrected chi connectivity index (χ4v) is 1.16. The Labute approximate surface area is 87.4 Å². The van der Waals surface area contributed by atoms with Crippen molar-refractivity contribution in [2.24, 2.45) is 0 Å². The van der Waals surface area contributed by atoms with Gasteiger partial charge in [0.1, 0.15) is 0 Å². The molecule has 13 heavy (non-hydrogen) atoms. The third-order valence-corrected chi connectivity index (χ3v) is 2.04. The molecular weight excluding hydrogens is 230 g/mol. The summed E-state index contributed by atoms with van der Waals surface area (Å²) in [5, 5.41) is 0. The second-order valence-corrected chi connectivity index (χ2v) is 4.03. The van der Waals surface area contributed by atoms with Crippen LogP contribution in [0.25, 0.3) is 0 Å². The monoisotopic (exact) mass is 243 g/mol. The number of rotatable bonds is 4. The number of halogens is 1. The highest BCUT2D eigenvalue weighted by Crippen LogP contribution is 2.10. The summed E-state index contributed by atoms with van der Waals surface area (Å²) < 4.78 is 1.10. The van der Waals surface area contributed by atoms with Crippen LogP contribution in [0.2, 0.25) is 0 Å². The molecule has 1 N–H and O–H groups in total. The quantitative estimate of drug-likeness (QED) is 0.822. The molecule has 0 unspecified atom stereocenters. The minimum absolute atomic E-state index is 0.218. The first-order chi connectivity index (χ1) is 6.18. The second kappa shape index (κ2) is 5.37. The molecule has 1 aromatic carbocycles. The lowest BCUT2D eigenvalue weighted by atomic mass is 10.2. The summed E-state index contributed by atoms with van der Waals surface area (Å²) >= 11 is 3.39. The molecule has 0 radical (unpaired) electrons. The van der Waals surface area contributed by atoms with Gasteiger partial charge in [0.2, 0.25) is 0 Å². The van der Waals surface area contributed by atoms with Crippen LogP contribution in [-0.2, 0) is 11.4 Å². The molecule has 0 amide bonds. The van der Waals surface area contributed by atoms with Gasteiger partial charge in [-0.15, -0.1) is 0 Å². The van der Waals surface area contributed by atoms with E-state index in [4.69, 9.17) is 4.84 Å². The van der Waals surface area contributed by atoms with Crippen molar-refractivity contribution in [2.75, 3.05) is 0 Å². The zero-order chi connectivity index (χ0) is 9.68. The van der Waals surface area contributed by atoms with Crippen molar-refractivity contribution in [3.8, 4) is 0 Å². The molecule has 0 aromatic heterocycles. The summed E-state index contributed by atoms with van der Waals surface area (Å²) in [5.74, 6) is 0. The van der Waals surface area contributed by atoms with Crippen molar-refractivity contribution in [1.29, 1.82) is 0 Å². The Morgan fingerprint density at radius 2 is 1.92 bits per heavy atom. The highest BCUT2D eigenvalue weighted by atomic mass is 79.9. The lowest BCUT2D eigenvalue weighted by molar-refractivity contribution is -0.00883. The third kappa shape index (κ3) is 4.41. The molecule has 0 saturated carbocycles. The van der Waals surface area contributed by atoms with Crippen LogP contribution >= 0.6 is 15.9 Å². The van der Waals surface area contributed by atoms with E-state index >= 15 is 0 Å². The molecule has 0 fully saturated rings. The van der Waals surface area contributed by atoms with Gasteiger partial charge in [-0.2, -0.15) is 5.48 Å². The van der Waals surface area contributed by atoms with Crippen LogP contribution in [0.3, 0.4) is 0 Å². The minimum Gasteiger partial charge on any atom is -0.299 e. The average Bonchev–Trinajstić information content (AvgIpc) is 2.08. The van der Waals surface area contributed by atoms with Crippen LogP contribution in [0, 0.1) is 0 Å². The van der Waals surface area contributed by atoms with Gasteiger partial charge >= 0.3 is 0 Å². The van der Waals surface area contributed by atoms with Gasteiger partial charge in [-0.25, -0.2) is 0 Å². The molecule has 2 nitrogen and oxygen atoms in total. The van der Waals surface area contributed by atoms with Gasteiger partial charge in [-0.05, 0) is 31.5 Å². The van der Waals surface area contributed by atoms with Gasteiger partial charge in [-0.1, -0.05) is 28.1 Å². The van der Waals surface area contributed by atoms with E-state index < -0.39 is 0 Å². The number of nitrogens with one attached hydrogen (secondary N) is 1. The van der Waals surface area contributed by atoms with E-state index in [2.05, 4.69) is 33.5 Å². The van der Waals surface area contributed by atoms with Crippen LogP contribution in [0.15, 0.2) is 28.7 Å². The minimum atomic E-state index is 0.218. The van der Waals surface area contributed by atoms with Crippen LogP contribution in [-0.4, -0.2) is 6.10 Å². The first-order valence-corrected chi connectivity index (χ1v) is 5.10. The molecule has 0 saturated heterocycles. The predicted molar refractivity (Wildman–Crippen MR) is 57.2 cm³/mol. The first kappa shape index (κ1) is 10.7. The Hall–Kier alpha value is -0.380. The van der Waals surface area contributed by atoms with Crippen LogP contribution in [0.5, 0.6) is 0 Å². The highest BCUT2D eigenvalue weighted by molar-refractivity contribution is 9.10. The van der Waals surface area contributed by atoms with E-state index in [1.54, 1.807) is 0 Å². The third-order valence-electron chi connectivity index (χ3n) is 1.51. The molecule has 72 valence electrons. The normalized spacial score (nSPS) is 10.8. The SMILES string of the molecule is CC(C)ONCc1ccc(Br)cc1. The van der Waals surface area contributed by atoms with Gasteiger partial charge in [0.05, 0.1) is 6.10 Å². The smallest absolute Gasteiger partial charge is 0.0734 e. The molecule has 3 heteroatoms. The number of hydroxylamine groups is 1. The summed E-state index contributed by atoms with van der Waals surface area (Å²) in [6.07, 6.45) is 0.218. The molecule has 0 aliphatic carbocycles. The van der Waals surface area contributed by atoms with E-state index in [1.165, 1.54) is 5.56 Å². The Morgan fingerprint density at radius 3 is 2.46 bits per heavy atom. The lowest BCUT2D eigenvalue weighted by Crippen LogP contribution is -2.18. The van der Waals surface area contributed by atoms with Crippen molar-refractivity contribution in [1.82, 2.24) is 5.48 Å². The van der Waals surface area contributed by atoms with Crippen molar-refractivity contribution >= 4 is 15.9 Å². The van der Waals surface area contributed by atoms with E-state index in [1.807, 2.05) is 26.0 Å². The van der Waals surface area contributed by atoms with Gasteiger partial charge in [-0.3, -0.25) is 4.84 Å². The summed E-state index contributed by atoms with van der Waals surface area (Å²) in [6, 6.07) is 8.15. The summed E-state index contributed by atoms with van der Waals surface area (Å²) in [6.45, 7) is 4.73. The zero-order valence-electron chi connectivity index (χ0n) is 7.88. The van der Waals surface area contributed by atoms with E-state index in [-0.39, 0.29) is 6.10 Å². The number of hydrogen-bond acceptors (Lipinski definition) is 2. The summed E-state index contributed by atoms with van der Waals surface area (Å²) in [5.41, 5.74) is 4.12. The molecule has 0 bridgehead atoms. The van der Waals surface area contributed by atoms with Crippen molar-refractivity contribution in [3.05, 3.63) is 34.3 Å². The summed E-state index contributed by atoms with van der Waals surface area (Å²) in [4.78, 5) is 5.21. The number of benzene rings is 1. The van der Waals surface area contributed by atoms with Crippen molar-refractivity contribution < 1.29 is 4.84 Å². The van der Waals surface area contributed by atoms with Crippen LogP contribution in [0.4, 0.5) is 0 Å². The van der Waals surface area contributed by atoms with E-state index in [0.717, 1.165) is 11.0 Å². The van der Waals surface area contributed by atoms with Gasteiger partial charge in [0, 0.05) is 11.0 Å². The number of hydrogen-bond donors (Lipinski definition) is 1.